The van der Waals surface area contributed by atoms with E-state index in [0.29, 0.717) is 5.69 Å². The molecule has 0 aliphatic carbocycles. The number of carbonyl (C=O) groups excluding carboxylic acids is 1. The minimum absolute atomic E-state index is 0.165. The lowest BCUT2D eigenvalue weighted by molar-refractivity contribution is 0.0823. The molecule has 2 aromatic carbocycles. The number of nitrogens with zero attached hydrogens (tertiary/aromatic N) is 5. The fourth-order valence-corrected chi connectivity index (χ4v) is 4.67. The van der Waals surface area contributed by atoms with E-state index in [1.54, 1.807) is 26.2 Å². The molecule has 0 saturated carbocycles. The number of amides is 1. The van der Waals surface area contributed by atoms with E-state index in [0.717, 1.165) is 64.5 Å². The van der Waals surface area contributed by atoms with Crippen LogP contribution in [-0.2, 0) is 6.54 Å². The van der Waals surface area contributed by atoms with Crippen LogP contribution < -0.4 is 0 Å². The first-order valence-corrected chi connectivity index (χ1v) is 11.7. The van der Waals surface area contributed by atoms with Gasteiger partial charge < -0.3 is 14.0 Å². The standard InChI is InChI=1S/C28H28FN5O/c1-18-14-20(7-12-24(18)33-16-19(2)30-17-33)15-22-6-5-13-34-26(21-8-10-23(29)11-9-21)25(31-27(22)34)28(35)32(3)4/h7-12,14-17H,5-6,13H2,1-4H3/b22-15+. The lowest BCUT2D eigenvalue weighted by Gasteiger charge is -2.20. The predicted molar refractivity (Wildman–Crippen MR) is 136 cm³/mol. The number of benzene rings is 2. The van der Waals surface area contributed by atoms with Gasteiger partial charge in [0, 0.05) is 38.1 Å². The van der Waals surface area contributed by atoms with Gasteiger partial charge >= 0.3 is 0 Å². The maximum atomic E-state index is 13.6. The molecule has 0 unspecified atom stereocenters. The second-order valence-corrected chi connectivity index (χ2v) is 9.23. The summed E-state index contributed by atoms with van der Waals surface area (Å²) in [5.74, 6) is 0.326. The molecule has 3 heterocycles. The summed E-state index contributed by atoms with van der Waals surface area (Å²) in [4.78, 5) is 23.8. The van der Waals surface area contributed by atoms with Crippen molar-refractivity contribution in [1.82, 2.24) is 24.0 Å². The monoisotopic (exact) mass is 469 g/mol. The summed E-state index contributed by atoms with van der Waals surface area (Å²) in [7, 11) is 3.44. The molecule has 0 fully saturated rings. The quantitative estimate of drug-likeness (QED) is 0.395. The molecule has 0 saturated heterocycles. The van der Waals surface area contributed by atoms with Gasteiger partial charge in [0.1, 0.15) is 11.6 Å². The first-order chi connectivity index (χ1) is 16.8. The summed E-state index contributed by atoms with van der Waals surface area (Å²) in [6, 6.07) is 12.6. The molecule has 6 nitrogen and oxygen atoms in total. The number of aromatic nitrogens is 4. The van der Waals surface area contributed by atoms with Crippen molar-refractivity contribution in [3.05, 3.63) is 89.1 Å². The van der Waals surface area contributed by atoms with Crippen molar-refractivity contribution in [2.45, 2.75) is 33.2 Å². The molecule has 0 atom stereocenters. The topological polar surface area (TPSA) is 56.0 Å². The van der Waals surface area contributed by atoms with Gasteiger partial charge in [0.15, 0.2) is 5.69 Å². The number of imidazole rings is 2. The van der Waals surface area contributed by atoms with Crippen LogP contribution in [0.2, 0.25) is 0 Å². The summed E-state index contributed by atoms with van der Waals surface area (Å²) < 4.78 is 17.8. The minimum Gasteiger partial charge on any atom is -0.343 e. The van der Waals surface area contributed by atoms with Gasteiger partial charge in [-0.25, -0.2) is 14.4 Å². The van der Waals surface area contributed by atoms with E-state index in [4.69, 9.17) is 4.98 Å². The molecule has 4 aromatic rings. The second-order valence-electron chi connectivity index (χ2n) is 9.23. The number of hydrogen-bond donors (Lipinski definition) is 0. The highest BCUT2D eigenvalue weighted by molar-refractivity contribution is 5.99. The molecule has 178 valence electrons. The van der Waals surface area contributed by atoms with Crippen LogP contribution in [-0.4, -0.2) is 44.0 Å². The third kappa shape index (κ3) is 4.30. The molecule has 0 N–H and O–H groups in total. The first-order valence-electron chi connectivity index (χ1n) is 11.7. The molecule has 7 heteroatoms. The Balaban J connectivity index is 1.59. The van der Waals surface area contributed by atoms with Crippen molar-refractivity contribution in [2.75, 3.05) is 14.1 Å². The summed E-state index contributed by atoms with van der Waals surface area (Å²) >= 11 is 0. The number of hydrogen-bond acceptors (Lipinski definition) is 3. The highest BCUT2D eigenvalue weighted by Gasteiger charge is 2.28. The van der Waals surface area contributed by atoms with E-state index in [9.17, 15) is 9.18 Å². The van der Waals surface area contributed by atoms with Crippen molar-refractivity contribution in [3.63, 3.8) is 0 Å². The van der Waals surface area contributed by atoms with Gasteiger partial charge in [0.25, 0.3) is 5.91 Å². The fourth-order valence-electron chi connectivity index (χ4n) is 4.67. The average molecular weight is 470 g/mol. The molecule has 0 spiro atoms. The zero-order valence-corrected chi connectivity index (χ0v) is 20.4. The lowest BCUT2D eigenvalue weighted by atomic mass is 10.0. The third-order valence-electron chi connectivity index (χ3n) is 6.36. The normalized spacial score (nSPS) is 14.3. The Morgan fingerprint density at radius 2 is 1.89 bits per heavy atom. The number of fused-ring (bicyclic) bond motifs is 1. The van der Waals surface area contributed by atoms with Crippen LogP contribution in [0.4, 0.5) is 4.39 Å². The first kappa shape index (κ1) is 22.8. The van der Waals surface area contributed by atoms with Gasteiger partial charge in [0.05, 0.1) is 17.7 Å². The van der Waals surface area contributed by atoms with Crippen molar-refractivity contribution < 1.29 is 9.18 Å². The van der Waals surface area contributed by atoms with Crippen molar-refractivity contribution in [1.29, 1.82) is 0 Å². The average Bonchev–Trinajstić information content (AvgIpc) is 3.43. The van der Waals surface area contributed by atoms with Crippen LogP contribution in [0.25, 0.3) is 28.6 Å². The Labute approximate surface area is 204 Å². The lowest BCUT2D eigenvalue weighted by Crippen LogP contribution is -2.23. The SMILES string of the molecule is Cc1cn(-c2ccc(/C=C3\CCCn4c3nc(C(=O)N(C)C)c4-c3ccc(F)cc3)cc2C)cn1. The smallest absolute Gasteiger partial charge is 0.274 e. The fraction of sp³-hybridized carbons (Fsp3) is 0.250. The summed E-state index contributed by atoms with van der Waals surface area (Å²) in [6.07, 6.45) is 7.81. The molecular formula is C28H28FN5O. The molecular weight excluding hydrogens is 441 g/mol. The van der Waals surface area contributed by atoms with Gasteiger partial charge in [-0.15, -0.1) is 0 Å². The Bertz CT molecular complexity index is 1440. The van der Waals surface area contributed by atoms with Crippen molar-refractivity contribution in [3.8, 4) is 16.9 Å². The second kappa shape index (κ2) is 8.98. The molecule has 1 aliphatic heterocycles. The zero-order valence-electron chi connectivity index (χ0n) is 20.4. The van der Waals surface area contributed by atoms with Gasteiger partial charge in [-0.1, -0.05) is 6.07 Å². The number of halogens is 1. The Morgan fingerprint density at radius 3 is 2.54 bits per heavy atom. The van der Waals surface area contributed by atoms with Crippen LogP contribution in [0.3, 0.4) is 0 Å². The van der Waals surface area contributed by atoms with E-state index in [-0.39, 0.29) is 11.7 Å². The van der Waals surface area contributed by atoms with Gasteiger partial charge in [0.2, 0.25) is 0 Å². The maximum Gasteiger partial charge on any atom is 0.274 e. The summed E-state index contributed by atoms with van der Waals surface area (Å²) in [6.45, 7) is 4.82. The maximum absolute atomic E-state index is 13.6. The molecule has 35 heavy (non-hydrogen) atoms. The van der Waals surface area contributed by atoms with E-state index in [2.05, 4.69) is 40.7 Å². The molecule has 0 bridgehead atoms. The van der Waals surface area contributed by atoms with E-state index in [1.165, 1.54) is 17.0 Å². The van der Waals surface area contributed by atoms with Crippen LogP contribution in [0.15, 0.2) is 55.0 Å². The van der Waals surface area contributed by atoms with Crippen LogP contribution in [0.5, 0.6) is 0 Å². The van der Waals surface area contributed by atoms with E-state index < -0.39 is 0 Å². The largest absolute Gasteiger partial charge is 0.343 e. The van der Waals surface area contributed by atoms with E-state index in [1.807, 2.05) is 24.0 Å². The highest BCUT2D eigenvalue weighted by Crippen LogP contribution is 2.35. The van der Waals surface area contributed by atoms with Crippen LogP contribution in [0.1, 0.15) is 46.0 Å². The Hall–Kier alpha value is -4.00. The van der Waals surface area contributed by atoms with Gasteiger partial charge in [-0.3, -0.25) is 4.79 Å². The Morgan fingerprint density at radius 1 is 1.11 bits per heavy atom. The predicted octanol–water partition coefficient (Wildman–Crippen LogP) is 5.53. The number of allylic oxidation sites excluding steroid dienone is 1. The zero-order chi connectivity index (χ0) is 24.7. The Kier molecular flexibility index (Phi) is 5.84. The highest BCUT2D eigenvalue weighted by atomic mass is 19.1. The summed E-state index contributed by atoms with van der Waals surface area (Å²) in [5.41, 5.74) is 7.30. The molecule has 5 rings (SSSR count). The molecule has 2 aromatic heterocycles. The van der Waals surface area contributed by atoms with Crippen molar-refractivity contribution >= 4 is 17.6 Å². The van der Waals surface area contributed by atoms with Crippen LogP contribution >= 0.6 is 0 Å². The van der Waals surface area contributed by atoms with Gasteiger partial charge in [-0.05, 0) is 85.9 Å². The van der Waals surface area contributed by atoms with E-state index >= 15 is 0 Å². The third-order valence-corrected chi connectivity index (χ3v) is 6.36. The number of carbonyl (C=O) groups is 1. The molecule has 1 amide bonds. The summed E-state index contributed by atoms with van der Waals surface area (Å²) in [5, 5.41) is 0. The molecule has 1 aliphatic rings. The van der Waals surface area contributed by atoms with Gasteiger partial charge in [-0.2, -0.15) is 0 Å². The number of rotatable bonds is 4. The minimum atomic E-state index is -0.308. The number of aryl methyl sites for hydroxylation is 2. The van der Waals surface area contributed by atoms with Crippen molar-refractivity contribution in [2.24, 2.45) is 0 Å². The van der Waals surface area contributed by atoms with Crippen LogP contribution in [0, 0.1) is 19.7 Å². The molecule has 0 radical (unpaired) electrons.